The van der Waals surface area contributed by atoms with Gasteiger partial charge >= 0.3 is 5.97 Å². The zero-order chi connectivity index (χ0) is 21.6. The number of anilines is 1. The SMILES string of the molecule is COc1cc(C(=O)O[C@@H](C)C(=O)Nc2ccc(F)cc2F)ccc1OCC(C)C. The summed E-state index contributed by atoms with van der Waals surface area (Å²) in [5, 5.41) is 2.25. The summed E-state index contributed by atoms with van der Waals surface area (Å²) >= 11 is 0. The first kappa shape index (κ1) is 22.1. The van der Waals surface area contributed by atoms with Crippen molar-refractivity contribution in [3.63, 3.8) is 0 Å². The van der Waals surface area contributed by atoms with Crippen LogP contribution in [0.4, 0.5) is 14.5 Å². The van der Waals surface area contributed by atoms with Gasteiger partial charge in [0.05, 0.1) is 25.0 Å². The fourth-order valence-corrected chi connectivity index (χ4v) is 2.28. The van der Waals surface area contributed by atoms with Gasteiger partial charge < -0.3 is 19.5 Å². The highest BCUT2D eigenvalue weighted by Gasteiger charge is 2.21. The van der Waals surface area contributed by atoms with E-state index in [9.17, 15) is 18.4 Å². The number of esters is 1. The van der Waals surface area contributed by atoms with Gasteiger partial charge in [0, 0.05) is 6.07 Å². The van der Waals surface area contributed by atoms with Crippen LogP contribution >= 0.6 is 0 Å². The van der Waals surface area contributed by atoms with Gasteiger partial charge in [-0.05, 0) is 43.2 Å². The van der Waals surface area contributed by atoms with E-state index in [1.54, 1.807) is 6.07 Å². The van der Waals surface area contributed by atoms with Crippen molar-refractivity contribution >= 4 is 17.6 Å². The van der Waals surface area contributed by atoms with Gasteiger partial charge in [0.25, 0.3) is 5.91 Å². The maximum Gasteiger partial charge on any atom is 0.339 e. The van der Waals surface area contributed by atoms with Crippen molar-refractivity contribution < 1.29 is 32.6 Å². The molecule has 8 heteroatoms. The van der Waals surface area contributed by atoms with E-state index in [0.29, 0.717) is 30.1 Å². The Kier molecular flexibility index (Phi) is 7.52. The van der Waals surface area contributed by atoms with E-state index >= 15 is 0 Å². The normalized spacial score (nSPS) is 11.7. The number of nitrogens with one attached hydrogen (secondary N) is 1. The van der Waals surface area contributed by atoms with Gasteiger partial charge in [0.2, 0.25) is 0 Å². The first-order valence-corrected chi connectivity index (χ1v) is 8.99. The van der Waals surface area contributed by atoms with Gasteiger partial charge in [0.1, 0.15) is 11.6 Å². The van der Waals surface area contributed by atoms with Crippen molar-refractivity contribution in [3.05, 3.63) is 53.6 Å². The van der Waals surface area contributed by atoms with Crippen LogP contribution in [-0.4, -0.2) is 31.7 Å². The maximum absolute atomic E-state index is 13.6. The van der Waals surface area contributed by atoms with Crippen molar-refractivity contribution in [2.75, 3.05) is 19.0 Å². The molecule has 2 rings (SSSR count). The lowest BCUT2D eigenvalue weighted by molar-refractivity contribution is -0.123. The molecule has 6 nitrogen and oxygen atoms in total. The summed E-state index contributed by atoms with van der Waals surface area (Å²) in [6.07, 6.45) is -1.21. The lowest BCUT2D eigenvalue weighted by Crippen LogP contribution is -2.30. The van der Waals surface area contributed by atoms with Crippen molar-refractivity contribution in [1.29, 1.82) is 0 Å². The van der Waals surface area contributed by atoms with Gasteiger partial charge in [-0.25, -0.2) is 13.6 Å². The van der Waals surface area contributed by atoms with Crippen molar-refractivity contribution in [1.82, 2.24) is 0 Å². The Hall–Kier alpha value is -3.16. The Labute approximate surface area is 167 Å². The standard InChI is InChI=1S/C21H23F2NO5/c1-12(2)11-28-18-8-5-14(9-19(18)27-4)21(26)29-13(3)20(25)24-17-7-6-15(22)10-16(17)23/h5-10,12-13H,11H2,1-4H3,(H,24,25)/t13-/m0/s1. The van der Waals surface area contributed by atoms with Crippen LogP contribution in [-0.2, 0) is 9.53 Å². The summed E-state index contributed by atoms with van der Waals surface area (Å²) in [5.41, 5.74) is -0.0565. The van der Waals surface area contributed by atoms with Crippen molar-refractivity contribution in [3.8, 4) is 11.5 Å². The van der Waals surface area contributed by atoms with Gasteiger partial charge in [-0.1, -0.05) is 13.8 Å². The second kappa shape index (κ2) is 9.86. The third-order valence-corrected chi connectivity index (χ3v) is 3.81. The number of carbonyl (C=O) groups is 2. The number of halogens is 2. The second-order valence-electron chi connectivity index (χ2n) is 6.73. The van der Waals surface area contributed by atoms with Gasteiger partial charge in [-0.15, -0.1) is 0 Å². The molecule has 29 heavy (non-hydrogen) atoms. The number of carbonyl (C=O) groups excluding carboxylic acids is 2. The van der Waals surface area contributed by atoms with Crippen molar-refractivity contribution in [2.24, 2.45) is 5.92 Å². The Bertz CT molecular complexity index is 885. The van der Waals surface area contributed by atoms with Crippen LogP contribution in [0.2, 0.25) is 0 Å². The molecule has 0 bridgehead atoms. The lowest BCUT2D eigenvalue weighted by atomic mass is 10.2. The monoisotopic (exact) mass is 407 g/mol. The third kappa shape index (κ3) is 6.17. The summed E-state index contributed by atoms with van der Waals surface area (Å²) in [7, 11) is 1.44. The molecule has 0 aliphatic rings. The fourth-order valence-electron chi connectivity index (χ4n) is 2.28. The molecule has 156 valence electrons. The largest absolute Gasteiger partial charge is 0.493 e. The average Bonchev–Trinajstić information content (AvgIpc) is 2.68. The minimum Gasteiger partial charge on any atom is -0.493 e. The number of hydrogen-bond acceptors (Lipinski definition) is 5. The smallest absolute Gasteiger partial charge is 0.339 e. The molecule has 0 saturated heterocycles. The highest BCUT2D eigenvalue weighted by molar-refractivity contribution is 5.97. The molecule has 1 atom stereocenters. The van der Waals surface area contributed by atoms with Crippen LogP contribution in [0.25, 0.3) is 0 Å². The predicted molar refractivity (Wildman–Crippen MR) is 103 cm³/mol. The van der Waals surface area contributed by atoms with Crippen LogP contribution in [0, 0.1) is 17.6 Å². The molecule has 0 aromatic heterocycles. The second-order valence-corrected chi connectivity index (χ2v) is 6.73. The molecule has 0 spiro atoms. The molecule has 1 amide bonds. The number of benzene rings is 2. The number of amides is 1. The molecule has 2 aromatic carbocycles. The minimum atomic E-state index is -1.21. The Balaban J connectivity index is 2.03. The first-order chi connectivity index (χ1) is 13.7. The number of hydrogen-bond donors (Lipinski definition) is 1. The van der Waals surface area contributed by atoms with E-state index in [2.05, 4.69) is 5.32 Å². The molecule has 0 radical (unpaired) electrons. The zero-order valence-electron chi connectivity index (χ0n) is 16.6. The number of methoxy groups -OCH3 is 1. The van der Waals surface area contributed by atoms with Crippen LogP contribution in [0.5, 0.6) is 11.5 Å². The van der Waals surface area contributed by atoms with Gasteiger partial charge in [-0.3, -0.25) is 4.79 Å². The molecule has 0 saturated carbocycles. The summed E-state index contributed by atoms with van der Waals surface area (Å²) in [5.74, 6) is -2.07. The van der Waals surface area contributed by atoms with Crippen LogP contribution < -0.4 is 14.8 Å². The number of ether oxygens (including phenoxy) is 3. The van der Waals surface area contributed by atoms with E-state index < -0.39 is 29.6 Å². The molecule has 0 unspecified atom stereocenters. The highest BCUT2D eigenvalue weighted by Crippen LogP contribution is 2.29. The molecule has 0 fully saturated rings. The predicted octanol–water partition coefficient (Wildman–Crippen LogP) is 4.19. The Morgan fingerprint density at radius 2 is 1.76 bits per heavy atom. The molecular formula is C21H23F2NO5. The number of rotatable bonds is 8. The molecule has 2 aromatic rings. The van der Waals surface area contributed by atoms with Crippen LogP contribution in [0.3, 0.4) is 0 Å². The first-order valence-electron chi connectivity index (χ1n) is 8.99. The molecule has 0 aliphatic heterocycles. The molecule has 0 heterocycles. The lowest BCUT2D eigenvalue weighted by Gasteiger charge is -2.16. The van der Waals surface area contributed by atoms with Crippen molar-refractivity contribution in [2.45, 2.75) is 26.9 Å². The molecular weight excluding hydrogens is 384 g/mol. The van der Waals surface area contributed by atoms with Gasteiger partial charge in [0.15, 0.2) is 17.6 Å². The zero-order valence-corrected chi connectivity index (χ0v) is 16.6. The topological polar surface area (TPSA) is 73.9 Å². The summed E-state index contributed by atoms with van der Waals surface area (Å²) in [6.45, 7) is 5.83. The average molecular weight is 407 g/mol. The summed E-state index contributed by atoms with van der Waals surface area (Å²) in [4.78, 5) is 24.5. The molecule has 1 N–H and O–H groups in total. The minimum absolute atomic E-state index is 0.159. The fraction of sp³-hybridized carbons (Fsp3) is 0.333. The van der Waals surface area contributed by atoms with Crippen LogP contribution in [0.15, 0.2) is 36.4 Å². The van der Waals surface area contributed by atoms with E-state index in [-0.39, 0.29) is 11.3 Å². The Morgan fingerprint density at radius 1 is 1.03 bits per heavy atom. The van der Waals surface area contributed by atoms with Crippen LogP contribution in [0.1, 0.15) is 31.1 Å². The summed E-state index contributed by atoms with van der Waals surface area (Å²) < 4.78 is 42.6. The van der Waals surface area contributed by atoms with E-state index in [4.69, 9.17) is 14.2 Å². The molecule has 0 aliphatic carbocycles. The summed E-state index contributed by atoms with van der Waals surface area (Å²) in [6, 6.07) is 7.24. The Morgan fingerprint density at radius 3 is 2.38 bits per heavy atom. The quantitative estimate of drug-likeness (QED) is 0.664. The van der Waals surface area contributed by atoms with E-state index in [0.717, 1.165) is 12.1 Å². The highest BCUT2D eigenvalue weighted by atomic mass is 19.1. The van der Waals surface area contributed by atoms with E-state index in [1.165, 1.54) is 26.2 Å². The van der Waals surface area contributed by atoms with E-state index in [1.807, 2.05) is 13.8 Å². The van der Waals surface area contributed by atoms with Gasteiger partial charge in [-0.2, -0.15) is 0 Å². The maximum atomic E-state index is 13.6. The third-order valence-electron chi connectivity index (χ3n) is 3.81.